The minimum Gasteiger partial charge on any atom is -0.496 e. The van der Waals surface area contributed by atoms with Gasteiger partial charge in [-0.25, -0.2) is 9.78 Å². The predicted octanol–water partition coefficient (Wildman–Crippen LogP) is 4.88. The highest BCUT2D eigenvalue weighted by molar-refractivity contribution is 6.03. The van der Waals surface area contributed by atoms with Gasteiger partial charge in [-0.15, -0.1) is 0 Å². The minimum absolute atomic E-state index is 0.0308. The summed E-state index contributed by atoms with van der Waals surface area (Å²) in [4.78, 5) is 71.4. The molecular weight excluding hydrogens is 815 g/mol. The first-order valence-corrected chi connectivity index (χ1v) is 23.0. The Bertz CT molecular complexity index is 2540. The minimum atomic E-state index is -0.684. The average Bonchev–Trinajstić information content (AvgIpc) is 3.80. The van der Waals surface area contributed by atoms with E-state index in [2.05, 4.69) is 34.0 Å². The van der Waals surface area contributed by atoms with Gasteiger partial charge in [-0.05, 0) is 93.4 Å². The molecule has 4 aliphatic rings. The summed E-state index contributed by atoms with van der Waals surface area (Å²) in [6.45, 7) is 6.12. The third kappa shape index (κ3) is 9.40. The lowest BCUT2D eigenvalue weighted by molar-refractivity contribution is -0.149. The Balaban J connectivity index is 0.807. The molecule has 64 heavy (non-hydrogen) atoms. The van der Waals surface area contributed by atoms with Crippen LogP contribution in [0, 0.1) is 29.6 Å². The van der Waals surface area contributed by atoms with E-state index in [0.717, 1.165) is 104 Å². The van der Waals surface area contributed by atoms with Gasteiger partial charge in [0.15, 0.2) is 0 Å². The summed E-state index contributed by atoms with van der Waals surface area (Å²) in [6.07, 6.45) is 11.7. The van der Waals surface area contributed by atoms with E-state index in [0.29, 0.717) is 47.9 Å². The number of hydrogen-bond acceptors (Lipinski definition) is 10. The molecule has 1 aliphatic carbocycles. The lowest BCUT2D eigenvalue weighted by atomic mass is 9.81. The maximum atomic E-state index is 13.4. The molecule has 5 heterocycles. The second-order valence-corrected chi connectivity index (χ2v) is 18.1. The summed E-state index contributed by atoms with van der Waals surface area (Å²) >= 11 is 0. The Morgan fingerprint density at radius 1 is 1.00 bits per heavy atom. The van der Waals surface area contributed by atoms with Crippen molar-refractivity contribution in [3.05, 3.63) is 63.7 Å². The number of likely N-dealkylation sites (tertiary alicyclic amines) is 2. The molecule has 340 valence electrons. The van der Waals surface area contributed by atoms with E-state index in [1.807, 2.05) is 18.2 Å². The van der Waals surface area contributed by atoms with Crippen LogP contribution in [0.15, 0.2) is 41.3 Å². The fraction of sp³-hybridized carbons (Fsp3) is 0.551. The molecule has 15 nitrogen and oxygen atoms in total. The summed E-state index contributed by atoms with van der Waals surface area (Å²) in [5, 5.41) is 4.40. The molecule has 3 N–H and O–H groups in total. The number of nitrogens with zero attached hydrogens (tertiary/aromatic N) is 5. The van der Waals surface area contributed by atoms with Crippen LogP contribution in [-0.2, 0) is 32.6 Å². The van der Waals surface area contributed by atoms with Gasteiger partial charge in [0.1, 0.15) is 18.4 Å². The molecule has 4 amide bonds. The number of aromatic nitrogens is 3. The van der Waals surface area contributed by atoms with Crippen LogP contribution >= 0.6 is 0 Å². The molecule has 4 fully saturated rings. The van der Waals surface area contributed by atoms with Gasteiger partial charge in [-0.2, -0.15) is 0 Å². The molecule has 15 heteroatoms. The second kappa shape index (κ2) is 19.6. The molecular formula is C49H61N7O8. The molecule has 0 radical (unpaired) electrons. The summed E-state index contributed by atoms with van der Waals surface area (Å²) in [5.41, 5.74) is 9.06. The number of fused-ring (bicyclic) bond motifs is 2. The van der Waals surface area contributed by atoms with Gasteiger partial charge in [0.05, 0.1) is 41.4 Å². The third-order valence-electron chi connectivity index (χ3n) is 14.1. The number of ether oxygens (including phenoxy) is 3. The summed E-state index contributed by atoms with van der Waals surface area (Å²) in [5.74, 6) is 7.60. The Morgan fingerprint density at radius 3 is 2.52 bits per heavy atom. The summed E-state index contributed by atoms with van der Waals surface area (Å²) < 4.78 is 21.3. The number of para-hydroxylation sites is 1. The largest absolute Gasteiger partial charge is 0.496 e. The number of likely N-dealkylation sites (N-methyl/N-ethyl adjacent to an activating group) is 1. The van der Waals surface area contributed by atoms with Crippen molar-refractivity contribution in [3.63, 3.8) is 0 Å². The maximum Gasteiger partial charge on any atom is 0.329 e. The molecule has 8 rings (SSSR count). The zero-order valence-electron chi connectivity index (χ0n) is 37.5. The summed E-state index contributed by atoms with van der Waals surface area (Å²) in [6, 6.07) is 8.53. The van der Waals surface area contributed by atoms with E-state index < -0.39 is 11.9 Å². The number of nitrogens with one attached hydrogen (secondary N) is 1. The van der Waals surface area contributed by atoms with Crippen LogP contribution in [0.4, 0.5) is 0 Å². The number of amides is 4. The Morgan fingerprint density at radius 2 is 1.78 bits per heavy atom. The number of pyridine rings is 1. The van der Waals surface area contributed by atoms with E-state index in [9.17, 15) is 24.0 Å². The zero-order valence-corrected chi connectivity index (χ0v) is 37.5. The quantitative estimate of drug-likeness (QED) is 0.101. The smallest absolute Gasteiger partial charge is 0.329 e. The Kier molecular flexibility index (Phi) is 13.7. The number of benzene rings is 2. The lowest BCUT2D eigenvalue weighted by Gasteiger charge is -2.36. The predicted molar refractivity (Wildman–Crippen MR) is 242 cm³/mol. The number of carbonyl (C=O) groups excluding carboxylic acids is 4. The van der Waals surface area contributed by atoms with E-state index in [-0.39, 0.29) is 66.0 Å². The van der Waals surface area contributed by atoms with Crippen molar-refractivity contribution in [2.45, 2.75) is 102 Å². The average molecular weight is 876 g/mol. The fourth-order valence-corrected chi connectivity index (χ4v) is 10.3. The first-order chi connectivity index (χ1) is 30.9. The number of imidazole rings is 1. The number of imide groups is 1. The van der Waals surface area contributed by atoms with Crippen LogP contribution < -0.4 is 26.2 Å². The van der Waals surface area contributed by atoms with Gasteiger partial charge in [0, 0.05) is 76.1 Å². The first-order valence-electron chi connectivity index (χ1n) is 23.0. The van der Waals surface area contributed by atoms with Crippen LogP contribution in [0.2, 0.25) is 0 Å². The molecule has 3 atom stereocenters. The fourth-order valence-electron chi connectivity index (χ4n) is 10.3. The highest BCUT2D eigenvalue weighted by Crippen LogP contribution is 2.35. The second-order valence-electron chi connectivity index (χ2n) is 18.1. The van der Waals surface area contributed by atoms with Gasteiger partial charge in [-0.1, -0.05) is 37.3 Å². The van der Waals surface area contributed by atoms with Crippen molar-refractivity contribution >= 4 is 45.4 Å². The topological polar surface area (TPSA) is 180 Å². The molecule has 0 bridgehead atoms. The molecule has 2 aromatic heterocycles. The molecule has 1 unspecified atom stereocenters. The number of rotatable bonds is 14. The van der Waals surface area contributed by atoms with E-state index in [4.69, 9.17) is 19.9 Å². The number of piperidine rings is 2. The van der Waals surface area contributed by atoms with E-state index in [1.54, 1.807) is 34.5 Å². The van der Waals surface area contributed by atoms with Gasteiger partial charge in [0.2, 0.25) is 17.7 Å². The van der Waals surface area contributed by atoms with Gasteiger partial charge < -0.3 is 30.2 Å². The molecule has 0 spiro atoms. The van der Waals surface area contributed by atoms with Crippen molar-refractivity contribution in [2.24, 2.45) is 30.5 Å². The SMILES string of the molecule is CC[C@@H]1CC(=O)N[C@@H]1COc1ncc(C#CC2CCC(CN3CCC(OCCCc4cccc5c4n(C)c(=O)n5C4CCC(=O)N(C)C4=O)CC3)CC2)c2cc(C(N)=O)c(OC)cc12. The maximum absolute atomic E-state index is 13.4. The molecule has 4 aromatic rings. The number of hydrogen-bond donors (Lipinski definition) is 2. The molecule has 3 saturated heterocycles. The number of methoxy groups -OCH3 is 1. The van der Waals surface area contributed by atoms with Crippen LogP contribution in [0.3, 0.4) is 0 Å². The molecule has 2 aromatic carbocycles. The van der Waals surface area contributed by atoms with Crippen molar-refractivity contribution < 1.29 is 33.4 Å². The first kappa shape index (κ1) is 44.9. The summed E-state index contributed by atoms with van der Waals surface area (Å²) in [7, 11) is 4.73. The standard InChI is InChI=1S/C49H61N7O8/c1-5-32-24-43(57)52-39(32)29-64-47-37-26-42(62-4)38(46(50)59)25-36(37)34(27-51-47)16-15-30-11-13-31(14-12-30)28-55-21-19-35(20-22-55)63-23-7-9-33-8-6-10-40-45(33)54(3)49(61)56(40)41-17-18-44(58)53(2)48(41)60/h6,8,10,25-27,30-32,35,39,41H,5,7,9,11-14,17-24,28-29H2,1-4H3,(H2,50,59)(H,52,57)/t30?,31?,32-,39-,41?/m1/s1. The highest BCUT2D eigenvalue weighted by atomic mass is 16.5. The molecule has 3 aliphatic heterocycles. The van der Waals surface area contributed by atoms with E-state index >= 15 is 0 Å². The van der Waals surface area contributed by atoms with Crippen LogP contribution in [0.1, 0.15) is 105 Å². The van der Waals surface area contributed by atoms with Gasteiger partial charge >= 0.3 is 5.69 Å². The van der Waals surface area contributed by atoms with Gasteiger partial charge in [-0.3, -0.25) is 33.2 Å². The van der Waals surface area contributed by atoms with Gasteiger partial charge in [0.25, 0.3) is 11.8 Å². The Labute approximate surface area is 373 Å². The van der Waals surface area contributed by atoms with Crippen molar-refractivity contribution in [1.29, 1.82) is 0 Å². The highest BCUT2D eigenvalue weighted by Gasteiger charge is 2.36. The van der Waals surface area contributed by atoms with Crippen LogP contribution in [0.5, 0.6) is 11.6 Å². The van der Waals surface area contributed by atoms with Crippen LogP contribution in [-0.4, -0.2) is 107 Å². The van der Waals surface area contributed by atoms with Crippen molar-refractivity contribution in [1.82, 2.24) is 29.2 Å². The lowest BCUT2D eigenvalue weighted by Crippen LogP contribution is -2.45. The van der Waals surface area contributed by atoms with Crippen LogP contribution in [0.25, 0.3) is 21.8 Å². The monoisotopic (exact) mass is 875 g/mol. The van der Waals surface area contributed by atoms with Crippen molar-refractivity contribution in [2.75, 3.05) is 47.0 Å². The number of carbonyl (C=O) groups is 4. The normalized spacial score (nSPS) is 23.3. The number of primary amides is 1. The van der Waals surface area contributed by atoms with Crippen molar-refractivity contribution in [3.8, 4) is 23.5 Å². The third-order valence-corrected chi connectivity index (χ3v) is 14.1. The zero-order chi connectivity index (χ0) is 45.1. The number of aryl methyl sites for hydroxylation is 2. The Hall–Kier alpha value is -5.72. The van der Waals surface area contributed by atoms with E-state index in [1.165, 1.54) is 14.2 Å². The number of nitrogens with two attached hydrogens (primary N) is 1. The molecule has 1 saturated carbocycles.